The Bertz CT molecular complexity index is 283. The van der Waals surface area contributed by atoms with Crippen LogP contribution in [0.15, 0.2) is 12.2 Å². The number of aliphatic hydroxyl groups is 1. The lowest BCUT2D eigenvalue weighted by Gasteiger charge is -2.34. The predicted molar refractivity (Wildman–Crippen MR) is 59.0 cm³/mol. The molecule has 0 amide bonds. The summed E-state index contributed by atoms with van der Waals surface area (Å²) in [4.78, 5) is 0. The molecule has 2 nitrogen and oxygen atoms in total. The molecular formula is C13H19NO. The molecule has 0 saturated heterocycles. The van der Waals surface area contributed by atoms with E-state index in [1.807, 2.05) is 0 Å². The summed E-state index contributed by atoms with van der Waals surface area (Å²) in [6, 6.07) is 2.40. The Labute approximate surface area is 91.6 Å². The highest BCUT2D eigenvalue weighted by molar-refractivity contribution is 5.09. The second kappa shape index (κ2) is 4.37. The molecule has 1 saturated carbocycles. The quantitative estimate of drug-likeness (QED) is 0.704. The first-order valence-corrected chi connectivity index (χ1v) is 6.03. The Kier molecular flexibility index (Phi) is 3.11. The molecule has 0 radical (unpaired) electrons. The normalized spacial score (nSPS) is 31.1. The molecule has 0 aliphatic heterocycles. The molecule has 82 valence electrons. The summed E-state index contributed by atoms with van der Waals surface area (Å²) in [5.74, 6) is 0.313. The number of allylic oxidation sites excluding steroid dienone is 2. The topological polar surface area (TPSA) is 44.0 Å². The lowest BCUT2D eigenvalue weighted by molar-refractivity contribution is 0.0125. The Morgan fingerprint density at radius 3 is 2.60 bits per heavy atom. The lowest BCUT2D eigenvalue weighted by atomic mass is 9.73. The summed E-state index contributed by atoms with van der Waals surface area (Å²) in [5.41, 5.74) is -0.421. The van der Waals surface area contributed by atoms with Gasteiger partial charge in [-0.1, -0.05) is 25.0 Å². The van der Waals surface area contributed by atoms with Crippen molar-refractivity contribution in [3.8, 4) is 6.07 Å². The highest BCUT2D eigenvalue weighted by Gasteiger charge is 2.44. The van der Waals surface area contributed by atoms with Crippen molar-refractivity contribution in [1.29, 1.82) is 5.26 Å². The third-order valence-electron chi connectivity index (χ3n) is 4.04. The Morgan fingerprint density at radius 1 is 1.33 bits per heavy atom. The van der Waals surface area contributed by atoms with Crippen LogP contribution in [-0.2, 0) is 0 Å². The molecule has 2 aliphatic carbocycles. The van der Waals surface area contributed by atoms with Crippen molar-refractivity contribution in [3.05, 3.63) is 12.2 Å². The molecule has 1 fully saturated rings. The van der Waals surface area contributed by atoms with E-state index in [0.717, 1.165) is 44.9 Å². The van der Waals surface area contributed by atoms with E-state index in [2.05, 4.69) is 18.2 Å². The minimum atomic E-state index is -0.421. The number of hydrogen-bond donors (Lipinski definition) is 1. The zero-order valence-electron chi connectivity index (χ0n) is 9.15. The number of nitriles is 1. The molecule has 2 aliphatic rings. The van der Waals surface area contributed by atoms with E-state index in [1.165, 1.54) is 0 Å². The molecule has 0 bridgehead atoms. The van der Waals surface area contributed by atoms with Gasteiger partial charge in [-0.15, -0.1) is 0 Å². The maximum Gasteiger partial charge on any atom is 0.0835 e. The van der Waals surface area contributed by atoms with Gasteiger partial charge in [0.05, 0.1) is 17.6 Å². The van der Waals surface area contributed by atoms with Crippen LogP contribution in [0.1, 0.15) is 44.9 Å². The van der Waals surface area contributed by atoms with Crippen LogP contribution in [0.2, 0.25) is 0 Å². The molecule has 2 heteroatoms. The zero-order chi connectivity index (χ0) is 10.7. The van der Waals surface area contributed by atoms with Gasteiger partial charge in [0, 0.05) is 0 Å². The second-order valence-corrected chi connectivity index (χ2v) is 4.96. The fourth-order valence-corrected chi connectivity index (χ4v) is 3.03. The van der Waals surface area contributed by atoms with Crippen LogP contribution in [-0.4, -0.2) is 11.2 Å². The molecule has 0 aromatic rings. The first-order valence-electron chi connectivity index (χ1n) is 6.03. The lowest BCUT2D eigenvalue weighted by Crippen LogP contribution is -2.37. The van der Waals surface area contributed by atoms with Gasteiger partial charge in [-0.25, -0.2) is 0 Å². The van der Waals surface area contributed by atoms with Crippen LogP contribution < -0.4 is 0 Å². The summed E-state index contributed by atoms with van der Waals surface area (Å²) in [7, 11) is 0. The molecule has 2 unspecified atom stereocenters. The summed E-state index contributed by atoms with van der Waals surface area (Å²) >= 11 is 0. The van der Waals surface area contributed by atoms with Crippen LogP contribution in [0, 0.1) is 22.7 Å². The second-order valence-electron chi connectivity index (χ2n) is 4.96. The highest BCUT2D eigenvalue weighted by atomic mass is 16.3. The van der Waals surface area contributed by atoms with Crippen LogP contribution in [0.25, 0.3) is 0 Å². The molecule has 0 aromatic heterocycles. The van der Waals surface area contributed by atoms with E-state index < -0.39 is 11.5 Å². The number of rotatable bonds is 2. The zero-order valence-corrected chi connectivity index (χ0v) is 9.15. The third-order valence-corrected chi connectivity index (χ3v) is 4.04. The van der Waals surface area contributed by atoms with Gasteiger partial charge in [-0.05, 0) is 38.0 Å². The first kappa shape index (κ1) is 10.7. The minimum absolute atomic E-state index is 0.313. The third kappa shape index (κ3) is 1.94. The molecule has 0 aromatic carbocycles. The molecule has 0 spiro atoms. The van der Waals surface area contributed by atoms with Crippen LogP contribution in [0.3, 0.4) is 0 Å². The predicted octanol–water partition coefficient (Wildman–Crippen LogP) is 2.79. The molecule has 1 N–H and O–H groups in total. The van der Waals surface area contributed by atoms with Crippen molar-refractivity contribution in [2.75, 3.05) is 0 Å². The van der Waals surface area contributed by atoms with Gasteiger partial charge in [0.2, 0.25) is 0 Å². The number of nitrogens with zero attached hydrogens (tertiary/aromatic N) is 1. The van der Waals surface area contributed by atoms with Crippen molar-refractivity contribution in [2.24, 2.45) is 11.3 Å². The smallest absolute Gasteiger partial charge is 0.0835 e. The largest absolute Gasteiger partial charge is 0.391 e. The van der Waals surface area contributed by atoms with E-state index in [4.69, 9.17) is 0 Å². The van der Waals surface area contributed by atoms with E-state index in [1.54, 1.807) is 0 Å². The first-order chi connectivity index (χ1) is 7.28. The maximum absolute atomic E-state index is 10.4. The minimum Gasteiger partial charge on any atom is -0.391 e. The van der Waals surface area contributed by atoms with Crippen LogP contribution in [0.5, 0.6) is 0 Å². The molecule has 2 rings (SSSR count). The van der Waals surface area contributed by atoms with Gasteiger partial charge in [-0.2, -0.15) is 5.26 Å². The van der Waals surface area contributed by atoms with Gasteiger partial charge in [0.25, 0.3) is 0 Å². The van der Waals surface area contributed by atoms with Crippen LogP contribution in [0.4, 0.5) is 0 Å². The SMILES string of the molecule is N#CC1(C(O)C2CC=CCC2)CCCC1. The van der Waals surface area contributed by atoms with Gasteiger partial charge in [0.1, 0.15) is 0 Å². The van der Waals surface area contributed by atoms with Crippen molar-refractivity contribution in [3.63, 3.8) is 0 Å². The van der Waals surface area contributed by atoms with Crippen molar-refractivity contribution in [1.82, 2.24) is 0 Å². The highest BCUT2D eigenvalue weighted by Crippen LogP contribution is 2.44. The van der Waals surface area contributed by atoms with Gasteiger partial charge >= 0.3 is 0 Å². The van der Waals surface area contributed by atoms with E-state index >= 15 is 0 Å². The van der Waals surface area contributed by atoms with Gasteiger partial charge < -0.3 is 5.11 Å². The summed E-state index contributed by atoms with van der Waals surface area (Å²) in [5, 5.41) is 19.7. The van der Waals surface area contributed by atoms with E-state index in [0.29, 0.717) is 5.92 Å². The maximum atomic E-state index is 10.4. The molecule has 0 heterocycles. The van der Waals surface area contributed by atoms with Crippen molar-refractivity contribution in [2.45, 2.75) is 51.0 Å². The average Bonchev–Trinajstić information content (AvgIpc) is 2.79. The monoisotopic (exact) mass is 205 g/mol. The Hall–Kier alpha value is -0.810. The van der Waals surface area contributed by atoms with Gasteiger partial charge in [-0.3, -0.25) is 0 Å². The summed E-state index contributed by atoms with van der Waals surface area (Å²) in [6.45, 7) is 0. The van der Waals surface area contributed by atoms with Crippen molar-refractivity contribution < 1.29 is 5.11 Å². The molecule has 2 atom stereocenters. The number of aliphatic hydroxyl groups excluding tert-OH is 1. The number of hydrogen-bond acceptors (Lipinski definition) is 2. The van der Waals surface area contributed by atoms with E-state index in [-0.39, 0.29) is 0 Å². The Morgan fingerprint density at radius 2 is 2.07 bits per heavy atom. The average molecular weight is 205 g/mol. The van der Waals surface area contributed by atoms with Crippen LogP contribution >= 0.6 is 0 Å². The fraction of sp³-hybridized carbons (Fsp3) is 0.769. The fourth-order valence-electron chi connectivity index (χ4n) is 3.03. The summed E-state index contributed by atoms with van der Waals surface area (Å²) in [6.07, 6.45) is 11.0. The van der Waals surface area contributed by atoms with Crippen molar-refractivity contribution >= 4 is 0 Å². The standard InChI is InChI=1S/C13H19NO/c14-10-13(8-4-5-9-13)12(15)11-6-2-1-3-7-11/h1-2,11-12,15H,3-9H2. The Balaban J connectivity index is 2.08. The molecular weight excluding hydrogens is 186 g/mol. The van der Waals surface area contributed by atoms with Gasteiger partial charge in [0.15, 0.2) is 0 Å². The molecule has 15 heavy (non-hydrogen) atoms. The van der Waals surface area contributed by atoms with E-state index in [9.17, 15) is 10.4 Å². The summed E-state index contributed by atoms with van der Waals surface area (Å²) < 4.78 is 0.